The Bertz CT molecular complexity index is 1630. The van der Waals surface area contributed by atoms with E-state index in [1.165, 1.54) is 6.26 Å². The van der Waals surface area contributed by atoms with Crippen molar-refractivity contribution in [2.75, 3.05) is 25.0 Å². The monoisotopic (exact) mass is 591 g/mol. The number of H-pyrrole nitrogens is 1. The van der Waals surface area contributed by atoms with Gasteiger partial charge in [-0.05, 0) is 31.0 Å². The Morgan fingerprint density at radius 2 is 1.91 bits per heavy atom. The van der Waals surface area contributed by atoms with E-state index in [4.69, 9.17) is 9.15 Å². The first-order valence-electron chi connectivity index (χ1n) is 13.5. The smallest absolute Gasteiger partial charge is 0.408 e. The molecule has 1 fully saturated rings. The molecule has 0 aliphatic carbocycles. The Hall–Kier alpha value is -5.60. The number of urea groups is 1. The first kappa shape index (κ1) is 28.9. The van der Waals surface area contributed by atoms with Crippen LogP contribution in [0, 0.1) is 0 Å². The van der Waals surface area contributed by atoms with E-state index in [1.807, 2.05) is 24.3 Å². The van der Waals surface area contributed by atoms with Crippen LogP contribution in [0.1, 0.15) is 18.4 Å². The highest BCUT2D eigenvalue weighted by atomic mass is 16.5. The van der Waals surface area contributed by atoms with Gasteiger partial charge in [-0.25, -0.2) is 19.4 Å². The zero-order valence-electron chi connectivity index (χ0n) is 22.8. The van der Waals surface area contributed by atoms with Gasteiger partial charge in [0.05, 0.1) is 17.3 Å². The number of carboxylic acid groups (broad SMARTS) is 1. The number of furan rings is 1. The average Bonchev–Trinajstić information content (AvgIpc) is 3.68. The summed E-state index contributed by atoms with van der Waals surface area (Å²) in [5, 5.41) is 20.4. The van der Waals surface area contributed by atoms with Crippen molar-refractivity contribution in [2.45, 2.75) is 31.5 Å². The first-order valence-corrected chi connectivity index (χ1v) is 13.5. The van der Waals surface area contributed by atoms with Gasteiger partial charge in [-0.3, -0.25) is 14.5 Å². The number of aromatic nitrogens is 2. The van der Waals surface area contributed by atoms with Crippen LogP contribution in [0.15, 0.2) is 59.2 Å². The van der Waals surface area contributed by atoms with E-state index in [0.717, 1.165) is 21.3 Å². The number of rotatable bonds is 13. The summed E-state index contributed by atoms with van der Waals surface area (Å²) in [5.41, 5.74) is 2.92. The van der Waals surface area contributed by atoms with Crippen LogP contribution in [0.25, 0.3) is 22.0 Å². The minimum absolute atomic E-state index is 0.162. The molecular formula is C28H29N7O8. The van der Waals surface area contributed by atoms with Gasteiger partial charge in [0.2, 0.25) is 11.9 Å². The Labute approximate surface area is 243 Å². The molecule has 3 heterocycles. The van der Waals surface area contributed by atoms with Gasteiger partial charge in [-0.15, -0.1) is 0 Å². The van der Waals surface area contributed by atoms with E-state index >= 15 is 0 Å². The minimum Gasteiger partial charge on any atom is -0.480 e. The lowest BCUT2D eigenvalue weighted by Gasteiger charge is -2.17. The van der Waals surface area contributed by atoms with E-state index in [0.29, 0.717) is 36.5 Å². The van der Waals surface area contributed by atoms with Crippen molar-refractivity contribution in [3.05, 3.63) is 60.4 Å². The fraction of sp³-hybridized carbons (Fsp3) is 0.286. The number of amides is 5. The first-order chi connectivity index (χ1) is 20.8. The van der Waals surface area contributed by atoms with E-state index in [-0.39, 0.29) is 6.61 Å². The minimum atomic E-state index is -1.52. The Morgan fingerprint density at radius 3 is 2.72 bits per heavy atom. The number of aromatic amines is 1. The molecule has 5 amide bonds. The van der Waals surface area contributed by atoms with Crippen LogP contribution >= 0.6 is 0 Å². The van der Waals surface area contributed by atoms with Crippen LogP contribution in [0.4, 0.5) is 15.5 Å². The fourth-order valence-corrected chi connectivity index (χ4v) is 4.56. The predicted octanol–water partition coefficient (Wildman–Crippen LogP) is 1.92. The lowest BCUT2D eigenvalue weighted by Crippen LogP contribution is -2.50. The molecule has 0 radical (unpaired) electrons. The summed E-state index contributed by atoms with van der Waals surface area (Å²) in [4.78, 5) is 69.7. The molecule has 0 saturated carbocycles. The summed E-state index contributed by atoms with van der Waals surface area (Å²) in [7, 11) is 0. The maximum Gasteiger partial charge on any atom is 0.408 e. The van der Waals surface area contributed by atoms with Crippen molar-refractivity contribution in [1.82, 2.24) is 30.8 Å². The van der Waals surface area contributed by atoms with Gasteiger partial charge in [0.1, 0.15) is 30.8 Å². The molecule has 0 unspecified atom stereocenters. The van der Waals surface area contributed by atoms with Crippen molar-refractivity contribution in [3.8, 4) is 0 Å². The number of fused-ring (bicyclic) bond motifs is 2. The van der Waals surface area contributed by atoms with Crippen molar-refractivity contribution in [3.63, 3.8) is 0 Å². The molecule has 1 saturated heterocycles. The molecule has 6 N–H and O–H groups in total. The second kappa shape index (κ2) is 12.9. The zero-order valence-corrected chi connectivity index (χ0v) is 22.8. The van der Waals surface area contributed by atoms with Gasteiger partial charge in [0.15, 0.2) is 0 Å². The number of benzene rings is 2. The van der Waals surface area contributed by atoms with Crippen molar-refractivity contribution in [2.24, 2.45) is 0 Å². The molecule has 0 spiro atoms. The Morgan fingerprint density at radius 1 is 1.12 bits per heavy atom. The molecule has 224 valence electrons. The van der Waals surface area contributed by atoms with Gasteiger partial charge >= 0.3 is 18.1 Å². The van der Waals surface area contributed by atoms with Crippen LogP contribution in [0.3, 0.4) is 0 Å². The van der Waals surface area contributed by atoms with Gasteiger partial charge < -0.3 is 40.5 Å². The molecular weight excluding hydrogens is 562 g/mol. The standard InChI is InChI=1S/C28H29N7O8/c36-23(30-12-21(25(38)39)34-28(41)43-15-16-14-42-22-10-4-1-6-17(16)22)13-35-24(37)20(33-27(35)40)9-5-11-29-26-31-18-7-2-3-8-19(18)32-26/h1-4,6-8,10,14,20-21H,5,9,11-13,15H2,(H,30,36)(H,33,40)(H,34,41)(H,38,39)(H2,29,31,32)/t20-,21-/m0/s1. The number of alkyl carbamates (subject to hydrolysis) is 1. The summed E-state index contributed by atoms with van der Waals surface area (Å²) >= 11 is 0. The van der Waals surface area contributed by atoms with Crippen molar-refractivity contribution < 1.29 is 38.2 Å². The fourth-order valence-electron chi connectivity index (χ4n) is 4.56. The summed E-state index contributed by atoms with van der Waals surface area (Å²) < 4.78 is 10.5. The average molecular weight is 592 g/mol. The van der Waals surface area contributed by atoms with Gasteiger partial charge in [0.25, 0.3) is 5.91 Å². The summed E-state index contributed by atoms with van der Waals surface area (Å²) in [6, 6.07) is 11.7. The highest BCUT2D eigenvalue weighted by Crippen LogP contribution is 2.21. The topological polar surface area (TPSA) is 208 Å². The van der Waals surface area contributed by atoms with Gasteiger partial charge in [-0.1, -0.05) is 30.3 Å². The predicted molar refractivity (Wildman–Crippen MR) is 152 cm³/mol. The van der Waals surface area contributed by atoms with Crippen LogP contribution in [-0.4, -0.2) is 81.6 Å². The van der Waals surface area contributed by atoms with E-state index in [2.05, 4.69) is 31.2 Å². The number of para-hydroxylation sites is 3. The third-order valence-electron chi connectivity index (χ3n) is 6.77. The lowest BCUT2D eigenvalue weighted by atomic mass is 10.1. The quantitative estimate of drug-likeness (QED) is 0.0983. The molecule has 2 atom stereocenters. The number of nitrogens with zero attached hydrogens (tertiary/aromatic N) is 2. The third-order valence-corrected chi connectivity index (χ3v) is 6.77. The second-order valence-electron chi connectivity index (χ2n) is 9.77. The number of carboxylic acids is 1. The van der Waals surface area contributed by atoms with Crippen LogP contribution < -0.4 is 21.3 Å². The lowest BCUT2D eigenvalue weighted by molar-refractivity contribution is -0.139. The molecule has 2 aromatic carbocycles. The zero-order chi connectivity index (χ0) is 30.3. The molecule has 2 aromatic heterocycles. The molecule has 5 rings (SSSR count). The number of hydrogen-bond donors (Lipinski definition) is 6. The van der Waals surface area contributed by atoms with E-state index in [1.54, 1.807) is 24.3 Å². The highest BCUT2D eigenvalue weighted by Gasteiger charge is 2.38. The number of carbonyl (C=O) groups excluding carboxylic acids is 4. The maximum absolute atomic E-state index is 12.7. The molecule has 15 nitrogen and oxygen atoms in total. The normalized spacial score (nSPS) is 15.3. The van der Waals surface area contributed by atoms with Crippen molar-refractivity contribution >= 4 is 57.9 Å². The number of aliphatic carboxylic acids is 1. The summed E-state index contributed by atoms with van der Waals surface area (Å²) in [5.74, 6) is -2.17. The number of carbonyl (C=O) groups is 5. The highest BCUT2D eigenvalue weighted by molar-refractivity contribution is 6.06. The van der Waals surface area contributed by atoms with Crippen LogP contribution in [0.2, 0.25) is 0 Å². The largest absolute Gasteiger partial charge is 0.480 e. The molecule has 0 bridgehead atoms. The van der Waals surface area contributed by atoms with Gasteiger partial charge in [-0.2, -0.15) is 0 Å². The van der Waals surface area contributed by atoms with E-state index in [9.17, 15) is 29.1 Å². The molecule has 4 aromatic rings. The maximum atomic E-state index is 12.7. The number of hydrogen-bond acceptors (Lipinski definition) is 9. The summed E-state index contributed by atoms with van der Waals surface area (Å²) in [6.45, 7) is -0.781. The number of anilines is 1. The van der Waals surface area contributed by atoms with Gasteiger partial charge in [0, 0.05) is 24.0 Å². The van der Waals surface area contributed by atoms with Crippen molar-refractivity contribution in [1.29, 1.82) is 0 Å². The molecule has 1 aliphatic heterocycles. The second-order valence-corrected chi connectivity index (χ2v) is 9.77. The number of imide groups is 1. The Balaban J connectivity index is 1.03. The third kappa shape index (κ3) is 7.01. The number of ether oxygens (including phenoxy) is 1. The van der Waals surface area contributed by atoms with Crippen LogP contribution in [-0.2, 0) is 25.7 Å². The van der Waals surface area contributed by atoms with E-state index < -0.39 is 55.1 Å². The molecule has 43 heavy (non-hydrogen) atoms. The summed E-state index contributed by atoms with van der Waals surface area (Å²) in [6.07, 6.45) is 1.29. The molecule has 15 heteroatoms. The molecule has 1 aliphatic rings. The van der Waals surface area contributed by atoms with Crippen LogP contribution in [0.5, 0.6) is 0 Å². The SMILES string of the molecule is O=C(CN1C(=O)N[C@@H](CCCNc2nc3ccccc3[nH]2)C1=O)NC[C@H](NC(=O)OCc1coc2ccccc12)C(=O)O. The number of nitrogens with one attached hydrogen (secondary N) is 5. The number of imidazole rings is 1. The Kier molecular flexibility index (Phi) is 8.69.